The van der Waals surface area contributed by atoms with Crippen molar-refractivity contribution in [2.24, 2.45) is 0 Å². The summed E-state index contributed by atoms with van der Waals surface area (Å²) in [5.41, 5.74) is 0.314. The molecule has 0 spiro atoms. The van der Waals surface area contributed by atoms with Crippen molar-refractivity contribution in [1.29, 1.82) is 0 Å². The molecular weight excluding hydrogens is 134 g/mol. The molecule has 0 saturated heterocycles. The van der Waals surface area contributed by atoms with Crippen LogP contribution in [0.2, 0.25) is 0 Å². The van der Waals surface area contributed by atoms with Crippen molar-refractivity contribution in [3.8, 4) is 0 Å². The average molecular weight is 157 g/mol. The second kappa shape index (κ2) is 4.10. The predicted molar refractivity (Wildman–Crippen MR) is 51.9 cm³/mol. The first kappa shape index (κ1) is 11.0. The molecule has 1 rings (SSSR count). The molecule has 0 unspecified atom stereocenters. The highest BCUT2D eigenvalue weighted by Crippen LogP contribution is 2.19. The van der Waals surface area contributed by atoms with E-state index in [1.54, 1.807) is 0 Å². The first-order chi connectivity index (χ1) is 4.58. The summed E-state index contributed by atoms with van der Waals surface area (Å²) in [4.78, 5) is 0. The van der Waals surface area contributed by atoms with E-state index in [0.717, 1.165) is 6.04 Å². The summed E-state index contributed by atoms with van der Waals surface area (Å²) in [7, 11) is 0. The summed E-state index contributed by atoms with van der Waals surface area (Å²) >= 11 is 0. The maximum absolute atomic E-state index is 3.62. The van der Waals surface area contributed by atoms with Crippen LogP contribution >= 0.6 is 0 Å². The summed E-state index contributed by atoms with van der Waals surface area (Å²) in [6.45, 7) is 6.72. The highest BCUT2D eigenvalue weighted by atomic mass is 15.0. The zero-order valence-corrected chi connectivity index (χ0v) is 7.41. The average Bonchev–Trinajstić information content (AvgIpc) is 2.12. The Labute approximate surface area is 71.6 Å². The highest BCUT2D eigenvalue weighted by molar-refractivity contribution is 4.81. The van der Waals surface area contributed by atoms with Crippen molar-refractivity contribution >= 4 is 0 Å². The lowest BCUT2D eigenvalue weighted by Crippen LogP contribution is -2.42. The first-order valence-electron chi connectivity index (χ1n) is 4.36. The fourth-order valence-corrected chi connectivity index (χ4v) is 1.68. The molecule has 0 bridgehead atoms. The van der Waals surface area contributed by atoms with Crippen molar-refractivity contribution in [1.82, 2.24) is 5.32 Å². The van der Waals surface area contributed by atoms with Gasteiger partial charge in [0, 0.05) is 11.6 Å². The van der Waals surface area contributed by atoms with E-state index in [-0.39, 0.29) is 7.43 Å². The van der Waals surface area contributed by atoms with Crippen LogP contribution in [0.15, 0.2) is 0 Å². The van der Waals surface area contributed by atoms with Gasteiger partial charge in [-0.25, -0.2) is 0 Å². The van der Waals surface area contributed by atoms with E-state index in [9.17, 15) is 0 Å². The van der Waals surface area contributed by atoms with Crippen LogP contribution < -0.4 is 5.32 Å². The van der Waals surface area contributed by atoms with Gasteiger partial charge in [0.05, 0.1) is 0 Å². The second-order valence-corrected chi connectivity index (χ2v) is 4.38. The molecule has 0 heterocycles. The molecule has 68 valence electrons. The lowest BCUT2D eigenvalue weighted by atomic mass is 10.1. The van der Waals surface area contributed by atoms with Crippen molar-refractivity contribution < 1.29 is 0 Å². The van der Waals surface area contributed by atoms with Crippen molar-refractivity contribution in [3.05, 3.63) is 0 Å². The summed E-state index contributed by atoms with van der Waals surface area (Å²) in [5.74, 6) is 0. The SMILES string of the molecule is C.CC(C)(C)NC1CCCC1. The van der Waals surface area contributed by atoms with Crippen LogP contribution in [0.5, 0.6) is 0 Å². The van der Waals surface area contributed by atoms with E-state index < -0.39 is 0 Å². The van der Waals surface area contributed by atoms with Crippen molar-refractivity contribution in [2.75, 3.05) is 0 Å². The minimum Gasteiger partial charge on any atom is -0.309 e. The van der Waals surface area contributed by atoms with Gasteiger partial charge >= 0.3 is 0 Å². The Morgan fingerprint density at radius 3 is 1.91 bits per heavy atom. The first-order valence-corrected chi connectivity index (χ1v) is 4.36. The Morgan fingerprint density at radius 2 is 1.55 bits per heavy atom. The molecule has 1 aliphatic carbocycles. The number of hydrogen-bond donors (Lipinski definition) is 1. The standard InChI is InChI=1S/C9H19N.CH4/c1-9(2,3)10-8-6-4-5-7-8;/h8,10H,4-7H2,1-3H3;1H4. The molecule has 0 radical (unpaired) electrons. The van der Waals surface area contributed by atoms with Gasteiger partial charge in [-0.15, -0.1) is 0 Å². The molecular formula is C10H23N. The Bertz CT molecular complexity index is 95.9. The topological polar surface area (TPSA) is 12.0 Å². The summed E-state index contributed by atoms with van der Waals surface area (Å²) in [5, 5.41) is 3.62. The molecule has 0 amide bonds. The van der Waals surface area contributed by atoms with Crippen molar-refractivity contribution in [2.45, 2.75) is 65.5 Å². The van der Waals surface area contributed by atoms with Crippen LogP contribution in [0.25, 0.3) is 0 Å². The van der Waals surface area contributed by atoms with Gasteiger partial charge in [0.15, 0.2) is 0 Å². The Hall–Kier alpha value is -0.0400. The Kier molecular flexibility index (Phi) is 4.09. The number of nitrogens with one attached hydrogen (secondary N) is 1. The third-order valence-corrected chi connectivity index (χ3v) is 1.99. The minimum atomic E-state index is 0. The largest absolute Gasteiger partial charge is 0.309 e. The molecule has 0 atom stereocenters. The number of hydrogen-bond acceptors (Lipinski definition) is 1. The van der Waals surface area contributed by atoms with E-state index in [2.05, 4.69) is 26.1 Å². The predicted octanol–water partition coefficient (Wildman–Crippen LogP) is 2.95. The van der Waals surface area contributed by atoms with Gasteiger partial charge in [0.25, 0.3) is 0 Å². The Balaban J connectivity index is 0.000001000. The molecule has 0 aromatic carbocycles. The lowest BCUT2D eigenvalue weighted by molar-refractivity contribution is 0.361. The van der Waals surface area contributed by atoms with Crippen molar-refractivity contribution in [3.63, 3.8) is 0 Å². The zero-order valence-electron chi connectivity index (χ0n) is 7.41. The van der Waals surface area contributed by atoms with E-state index in [1.165, 1.54) is 25.7 Å². The van der Waals surface area contributed by atoms with E-state index in [1.807, 2.05) is 0 Å². The molecule has 0 aromatic heterocycles. The molecule has 0 aliphatic heterocycles. The molecule has 1 fully saturated rings. The van der Waals surface area contributed by atoms with Crippen LogP contribution in [0.1, 0.15) is 53.9 Å². The maximum Gasteiger partial charge on any atom is 0.00990 e. The smallest absolute Gasteiger partial charge is 0.00990 e. The van der Waals surface area contributed by atoms with Gasteiger partial charge in [-0.3, -0.25) is 0 Å². The fraction of sp³-hybridized carbons (Fsp3) is 1.00. The monoisotopic (exact) mass is 157 g/mol. The second-order valence-electron chi connectivity index (χ2n) is 4.38. The third-order valence-electron chi connectivity index (χ3n) is 1.99. The van der Waals surface area contributed by atoms with Gasteiger partial charge in [-0.2, -0.15) is 0 Å². The van der Waals surface area contributed by atoms with E-state index in [4.69, 9.17) is 0 Å². The molecule has 1 N–H and O–H groups in total. The normalized spacial score (nSPS) is 19.9. The van der Waals surface area contributed by atoms with Crippen LogP contribution in [0.4, 0.5) is 0 Å². The highest BCUT2D eigenvalue weighted by Gasteiger charge is 2.19. The quantitative estimate of drug-likeness (QED) is 0.617. The summed E-state index contributed by atoms with van der Waals surface area (Å²) < 4.78 is 0. The molecule has 1 nitrogen and oxygen atoms in total. The van der Waals surface area contributed by atoms with Gasteiger partial charge < -0.3 is 5.32 Å². The van der Waals surface area contributed by atoms with Crippen LogP contribution in [0.3, 0.4) is 0 Å². The van der Waals surface area contributed by atoms with Gasteiger partial charge in [-0.05, 0) is 33.6 Å². The lowest BCUT2D eigenvalue weighted by Gasteiger charge is -2.25. The van der Waals surface area contributed by atoms with E-state index in [0.29, 0.717) is 5.54 Å². The summed E-state index contributed by atoms with van der Waals surface area (Å²) in [6.07, 6.45) is 5.62. The van der Waals surface area contributed by atoms with Crippen LogP contribution in [-0.4, -0.2) is 11.6 Å². The molecule has 0 aromatic rings. The van der Waals surface area contributed by atoms with Crippen LogP contribution in [0, 0.1) is 0 Å². The molecule has 1 aliphatic rings. The van der Waals surface area contributed by atoms with Gasteiger partial charge in [0.1, 0.15) is 0 Å². The minimum absolute atomic E-state index is 0. The van der Waals surface area contributed by atoms with Gasteiger partial charge in [0.2, 0.25) is 0 Å². The third kappa shape index (κ3) is 4.41. The zero-order chi connectivity index (χ0) is 7.61. The maximum atomic E-state index is 3.62. The van der Waals surface area contributed by atoms with Crippen LogP contribution in [-0.2, 0) is 0 Å². The Morgan fingerprint density at radius 1 is 1.09 bits per heavy atom. The fourth-order valence-electron chi connectivity index (χ4n) is 1.68. The number of rotatable bonds is 1. The van der Waals surface area contributed by atoms with E-state index >= 15 is 0 Å². The molecule has 1 heteroatoms. The van der Waals surface area contributed by atoms with Gasteiger partial charge in [-0.1, -0.05) is 20.3 Å². The summed E-state index contributed by atoms with van der Waals surface area (Å²) in [6, 6.07) is 0.806. The molecule has 1 saturated carbocycles. The molecule has 11 heavy (non-hydrogen) atoms.